The van der Waals surface area contributed by atoms with Crippen LogP contribution in [-0.2, 0) is 16.0 Å². The van der Waals surface area contributed by atoms with Crippen molar-refractivity contribution in [1.82, 2.24) is 5.32 Å². The number of carbonyl (C=O) groups excluding carboxylic acids is 3. The second kappa shape index (κ2) is 8.81. The van der Waals surface area contributed by atoms with Gasteiger partial charge in [0.15, 0.2) is 0 Å². The average molecular weight is 445 g/mol. The molecule has 0 bridgehead atoms. The maximum absolute atomic E-state index is 13.3. The Hall–Kier alpha value is -3.70. The van der Waals surface area contributed by atoms with E-state index in [1.54, 1.807) is 6.07 Å². The fourth-order valence-corrected chi connectivity index (χ4v) is 3.88. The number of urea groups is 1. The number of barbiturate groups is 1. The van der Waals surface area contributed by atoms with Crippen molar-refractivity contribution in [3.63, 3.8) is 0 Å². The Kier molecular flexibility index (Phi) is 5.93. The van der Waals surface area contributed by atoms with E-state index in [1.807, 2.05) is 74.5 Å². The third kappa shape index (κ3) is 4.20. The molecule has 1 saturated heterocycles. The Labute approximate surface area is 191 Å². The summed E-state index contributed by atoms with van der Waals surface area (Å²) in [7, 11) is 0. The van der Waals surface area contributed by atoms with Crippen LogP contribution in [0.3, 0.4) is 0 Å². The van der Waals surface area contributed by atoms with Gasteiger partial charge in [-0.15, -0.1) is 0 Å². The number of rotatable bonds is 4. The number of nitrogens with zero attached hydrogens (tertiary/aromatic N) is 1. The van der Waals surface area contributed by atoms with E-state index < -0.39 is 17.8 Å². The van der Waals surface area contributed by atoms with Crippen LogP contribution < -0.4 is 10.2 Å². The molecule has 6 heteroatoms. The number of benzene rings is 3. The van der Waals surface area contributed by atoms with Gasteiger partial charge in [0.1, 0.15) is 5.57 Å². The minimum Gasteiger partial charge on any atom is -0.273 e. The molecule has 32 heavy (non-hydrogen) atoms. The summed E-state index contributed by atoms with van der Waals surface area (Å²) in [5, 5.41) is 2.94. The first-order chi connectivity index (χ1) is 15.3. The Morgan fingerprint density at radius 2 is 1.59 bits per heavy atom. The molecule has 0 spiro atoms. The predicted molar refractivity (Wildman–Crippen MR) is 126 cm³/mol. The van der Waals surface area contributed by atoms with Crippen LogP contribution in [0.1, 0.15) is 27.8 Å². The van der Waals surface area contributed by atoms with Crippen LogP contribution in [-0.4, -0.2) is 17.8 Å². The van der Waals surface area contributed by atoms with E-state index in [2.05, 4.69) is 5.32 Å². The van der Waals surface area contributed by atoms with E-state index in [1.165, 1.54) is 6.08 Å². The molecule has 0 aromatic heterocycles. The maximum atomic E-state index is 13.3. The SMILES string of the molecule is Cc1ccc(C)c(N2C(=O)NC(=O)/C(=C\c3ccccc3Cc3ccccc3Cl)C2=O)c1. The van der Waals surface area contributed by atoms with Crippen molar-refractivity contribution >= 4 is 41.2 Å². The molecule has 4 amide bonds. The molecule has 3 aromatic rings. The van der Waals surface area contributed by atoms with E-state index in [-0.39, 0.29) is 5.57 Å². The number of anilines is 1. The van der Waals surface area contributed by atoms with Crippen molar-refractivity contribution in [2.45, 2.75) is 20.3 Å². The average Bonchev–Trinajstić information content (AvgIpc) is 2.76. The zero-order valence-electron chi connectivity index (χ0n) is 17.7. The number of amides is 4. The number of carbonyl (C=O) groups is 3. The molecule has 0 radical (unpaired) electrons. The van der Waals surface area contributed by atoms with Crippen molar-refractivity contribution in [1.29, 1.82) is 0 Å². The normalized spacial score (nSPS) is 15.3. The van der Waals surface area contributed by atoms with Crippen LogP contribution in [0.2, 0.25) is 5.02 Å². The van der Waals surface area contributed by atoms with Crippen molar-refractivity contribution in [2.24, 2.45) is 0 Å². The molecule has 4 rings (SSSR count). The molecule has 0 atom stereocenters. The summed E-state index contributed by atoms with van der Waals surface area (Å²) in [6, 6.07) is 19.8. The zero-order chi connectivity index (χ0) is 22.8. The summed E-state index contributed by atoms with van der Waals surface area (Å²) in [6.07, 6.45) is 2.07. The van der Waals surface area contributed by atoms with Crippen LogP contribution in [0.15, 0.2) is 72.3 Å². The minimum atomic E-state index is -0.754. The van der Waals surface area contributed by atoms with Gasteiger partial charge in [0.05, 0.1) is 5.69 Å². The molecule has 160 valence electrons. The fraction of sp³-hybridized carbons (Fsp3) is 0.115. The van der Waals surface area contributed by atoms with Gasteiger partial charge < -0.3 is 0 Å². The third-order valence-corrected chi connectivity index (χ3v) is 5.77. The van der Waals surface area contributed by atoms with Crippen LogP contribution in [0.25, 0.3) is 6.08 Å². The molecular formula is C26H21ClN2O3. The van der Waals surface area contributed by atoms with Crippen LogP contribution in [0.5, 0.6) is 0 Å². The number of halogens is 1. The topological polar surface area (TPSA) is 66.5 Å². The molecule has 1 heterocycles. The molecule has 1 N–H and O–H groups in total. The monoisotopic (exact) mass is 444 g/mol. The van der Waals surface area contributed by atoms with Gasteiger partial charge in [-0.1, -0.05) is 66.2 Å². The molecule has 1 aliphatic rings. The van der Waals surface area contributed by atoms with Crippen LogP contribution in [0.4, 0.5) is 10.5 Å². The second-order valence-electron chi connectivity index (χ2n) is 7.71. The van der Waals surface area contributed by atoms with Gasteiger partial charge >= 0.3 is 6.03 Å². The molecule has 0 aliphatic carbocycles. The smallest absolute Gasteiger partial charge is 0.273 e. The summed E-state index contributed by atoms with van der Waals surface area (Å²) in [4.78, 5) is 39.5. The summed E-state index contributed by atoms with van der Waals surface area (Å²) in [6.45, 7) is 3.69. The maximum Gasteiger partial charge on any atom is 0.335 e. The van der Waals surface area contributed by atoms with Gasteiger partial charge in [-0.2, -0.15) is 0 Å². The number of hydrogen-bond donors (Lipinski definition) is 1. The molecule has 1 aliphatic heterocycles. The highest BCUT2D eigenvalue weighted by Crippen LogP contribution is 2.27. The van der Waals surface area contributed by atoms with Crippen molar-refractivity contribution in [2.75, 3.05) is 4.90 Å². The largest absolute Gasteiger partial charge is 0.335 e. The molecular weight excluding hydrogens is 424 g/mol. The second-order valence-corrected chi connectivity index (χ2v) is 8.12. The van der Waals surface area contributed by atoms with E-state index >= 15 is 0 Å². The van der Waals surface area contributed by atoms with Crippen LogP contribution in [0, 0.1) is 13.8 Å². The lowest BCUT2D eigenvalue weighted by Gasteiger charge is -2.28. The Bertz CT molecular complexity index is 1280. The highest BCUT2D eigenvalue weighted by molar-refractivity contribution is 6.39. The van der Waals surface area contributed by atoms with E-state index in [9.17, 15) is 14.4 Å². The van der Waals surface area contributed by atoms with E-state index in [0.29, 0.717) is 22.7 Å². The van der Waals surface area contributed by atoms with E-state index in [0.717, 1.165) is 27.2 Å². The summed E-state index contributed by atoms with van der Waals surface area (Å²) in [5.41, 5.74) is 4.56. The Balaban J connectivity index is 1.75. The third-order valence-electron chi connectivity index (χ3n) is 5.40. The first-order valence-corrected chi connectivity index (χ1v) is 10.5. The molecule has 5 nitrogen and oxygen atoms in total. The lowest BCUT2D eigenvalue weighted by atomic mass is 9.97. The first-order valence-electron chi connectivity index (χ1n) is 10.1. The highest BCUT2D eigenvalue weighted by atomic mass is 35.5. The lowest BCUT2D eigenvalue weighted by molar-refractivity contribution is -0.122. The molecule has 0 saturated carbocycles. The predicted octanol–water partition coefficient (Wildman–Crippen LogP) is 5.21. The quantitative estimate of drug-likeness (QED) is 0.443. The zero-order valence-corrected chi connectivity index (χ0v) is 18.4. The Morgan fingerprint density at radius 1 is 0.906 bits per heavy atom. The Morgan fingerprint density at radius 3 is 2.34 bits per heavy atom. The van der Waals surface area contributed by atoms with Gasteiger partial charge in [0.2, 0.25) is 0 Å². The highest BCUT2D eigenvalue weighted by Gasteiger charge is 2.37. The summed E-state index contributed by atoms with van der Waals surface area (Å²) < 4.78 is 0. The standard InChI is InChI=1S/C26H21ClN2O3/c1-16-11-12-17(2)23(13-16)29-25(31)21(24(30)28-26(29)32)15-19-8-4-3-7-18(19)14-20-9-5-6-10-22(20)27/h3-13,15H,14H2,1-2H3,(H,28,30,32)/b21-15+. The number of nitrogens with one attached hydrogen (secondary N) is 1. The van der Waals surface area contributed by atoms with Crippen molar-refractivity contribution < 1.29 is 14.4 Å². The number of imide groups is 2. The van der Waals surface area contributed by atoms with E-state index in [4.69, 9.17) is 11.6 Å². The van der Waals surface area contributed by atoms with Gasteiger partial charge in [0.25, 0.3) is 11.8 Å². The van der Waals surface area contributed by atoms with Crippen molar-refractivity contribution in [3.05, 3.63) is 105 Å². The molecule has 1 fully saturated rings. The summed E-state index contributed by atoms with van der Waals surface area (Å²) in [5.74, 6) is -1.37. The number of hydrogen-bond acceptors (Lipinski definition) is 3. The summed E-state index contributed by atoms with van der Waals surface area (Å²) >= 11 is 6.32. The lowest BCUT2D eigenvalue weighted by Crippen LogP contribution is -2.54. The van der Waals surface area contributed by atoms with Crippen molar-refractivity contribution in [3.8, 4) is 0 Å². The minimum absolute atomic E-state index is 0.0999. The van der Waals surface area contributed by atoms with Gasteiger partial charge in [-0.25, -0.2) is 9.69 Å². The first kappa shape index (κ1) is 21.5. The molecule has 0 unspecified atom stereocenters. The number of aryl methyl sites for hydroxylation is 2. The van der Waals surface area contributed by atoms with Gasteiger partial charge in [0, 0.05) is 5.02 Å². The van der Waals surface area contributed by atoms with Crippen LogP contribution >= 0.6 is 11.6 Å². The van der Waals surface area contributed by atoms with Gasteiger partial charge in [-0.05, 0) is 66.3 Å². The molecule has 3 aromatic carbocycles. The van der Waals surface area contributed by atoms with Gasteiger partial charge in [-0.3, -0.25) is 14.9 Å². The fourth-order valence-electron chi connectivity index (χ4n) is 3.68.